The maximum Gasteiger partial charge on any atom is 0.271 e. The van der Waals surface area contributed by atoms with Crippen LogP contribution in [0.25, 0.3) is 5.69 Å². The van der Waals surface area contributed by atoms with Gasteiger partial charge in [0.25, 0.3) is 5.69 Å². The summed E-state index contributed by atoms with van der Waals surface area (Å²) in [4.78, 5) is 21.2. The molecule has 92 valence electrons. The minimum Gasteiger partial charge on any atom is -0.318 e. The van der Waals surface area contributed by atoms with E-state index in [9.17, 15) is 14.9 Å². The lowest BCUT2D eigenvalue weighted by molar-refractivity contribution is -0.384. The van der Waals surface area contributed by atoms with E-state index in [-0.39, 0.29) is 5.69 Å². The standard InChI is InChI=1S/C13H12N2O3/c1-9-6-11(8-16)10(2)14(9)12-4-3-5-13(7-12)15(17)18/h3-8H,1-2H3. The van der Waals surface area contributed by atoms with Crippen molar-refractivity contribution >= 4 is 12.0 Å². The first-order valence-electron chi connectivity index (χ1n) is 5.43. The van der Waals surface area contributed by atoms with E-state index in [0.717, 1.165) is 17.7 Å². The van der Waals surface area contributed by atoms with Gasteiger partial charge in [-0.15, -0.1) is 0 Å². The van der Waals surface area contributed by atoms with Crippen LogP contribution >= 0.6 is 0 Å². The number of carbonyl (C=O) groups excluding carboxylic acids is 1. The second-order valence-electron chi connectivity index (χ2n) is 4.06. The average molecular weight is 244 g/mol. The summed E-state index contributed by atoms with van der Waals surface area (Å²) in [5.74, 6) is 0. The van der Waals surface area contributed by atoms with Gasteiger partial charge in [0.1, 0.15) is 0 Å². The number of nitro groups is 1. The van der Waals surface area contributed by atoms with E-state index in [1.165, 1.54) is 12.1 Å². The van der Waals surface area contributed by atoms with E-state index >= 15 is 0 Å². The Morgan fingerprint density at radius 2 is 2.00 bits per heavy atom. The summed E-state index contributed by atoms with van der Waals surface area (Å²) in [6.07, 6.45) is 0.788. The Morgan fingerprint density at radius 1 is 1.28 bits per heavy atom. The number of non-ortho nitro benzene ring substituents is 1. The minimum atomic E-state index is -0.432. The molecule has 5 nitrogen and oxygen atoms in total. The van der Waals surface area contributed by atoms with Gasteiger partial charge in [-0.3, -0.25) is 14.9 Å². The third kappa shape index (κ3) is 1.90. The summed E-state index contributed by atoms with van der Waals surface area (Å²) in [6.45, 7) is 3.68. The number of hydrogen-bond acceptors (Lipinski definition) is 3. The Hall–Kier alpha value is -2.43. The molecule has 0 unspecified atom stereocenters. The molecule has 0 spiro atoms. The molecule has 0 fully saturated rings. The van der Waals surface area contributed by atoms with Crippen molar-refractivity contribution in [1.29, 1.82) is 0 Å². The summed E-state index contributed by atoms with van der Waals surface area (Å²) < 4.78 is 1.83. The molecule has 0 aliphatic rings. The third-order valence-electron chi connectivity index (χ3n) is 2.90. The van der Waals surface area contributed by atoms with E-state index in [0.29, 0.717) is 11.3 Å². The van der Waals surface area contributed by atoms with E-state index in [4.69, 9.17) is 0 Å². The predicted molar refractivity (Wildman–Crippen MR) is 67.3 cm³/mol. The lowest BCUT2D eigenvalue weighted by atomic mass is 10.2. The number of aromatic nitrogens is 1. The zero-order valence-corrected chi connectivity index (χ0v) is 10.1. The van der Waals surface area contributed by atoms with Gasteiger partial charge in [0.2, 0.25) is 0 Å². The normalized spacial score (nSPS) is 10.3. The number of carbonyl (C=O) groups is 1. The Kier molecular flexibility index (Phi) is 2.97. The smallest absolute Gasteiger partial charge is 0.271 e. The topological polar surface area (TPSA) is 65.1 Å². The van der Waals surface area contributed by atoms with Gasteiger partial charge in [0.05, 0.1) is 10.6 Å². The molecule has 0 amide bonds. The highest BCUT2D eigenvalue weighted by Gasteiger charge is 2.12. The molecule has 0 aliphatic heterocycles. The third-order valence-corrected chi connectivity index (χ3v) is 2.90. The maximum atomic E-state index is 10.9. The molecule has 1 aromatic heterocycles. The fraction of sp³-hybridized carbons (Fsp3) is 0.154. The summed E-state index contributed by atoms with van der Waals surface area (Å²) in [7, 11) is 0. The molecule has 0 saturated carbocycles. The molecule has 0 aliphatic carbocycles. The van der Waals surface area contributed by atoms with Crippen molar-refractivity contribution in [3.63, 3.8) is 0 Å². The molecule has 0 N–H and O–H groups in total. The quantitative estimate of drug-likeness (QED) is 0.473. The van der Waals surface area contributed by atoms with Crippen LogP contribution < -0.4 is 0 Å². The van der Waals surface area contributed by atoms with Gasteiger partial charge < -0.3 is 4.57 Å². The first-order valence-corrected chi connectivity index (χ1v) is 5.43. The highest BCUT2D eigenvalue weighted by Crippen LogP contribution is 2.22. The first-order chi connectivity index (χ1) is 8.54. The second kappa shape index (κ2) is 4.44. The van der Waals surface area contributed by atoms with E-state index < -0.39 is 4.92 Å². The second-order valence-corrected chi connectivity index (χ2v) is 4.06. The van der Waals surface area contributed by atoms with Crippen LogP contribution in [0.3, 0.4) is 0 Å². The van der Waals surface area contributed by atoms with Gasteiger partial charge in [-0.1, -0.05) is 6.07 Å². The van der Waals surface area contributed by atoms with Crippen molar-refractivity contribution in [3.05, 3.63) is 57.4 Å². The molecule has 0 atom stereocenters. The van der Waals surface area contributed by atoms with Crippen LogP contribution in [0.1, 0.15) is 21.7 Å². The van der Waals surface area contributed by atoms with Crippen LogP contribution in [0.4, 0.5) is 5.69 Å². The van der Waals surface area contributed by atoms with Crippen molar-refractivity contribution in [1.82, 2.24) is 4.57 Å². The van der Waals surface area contributed by atoms with Crippen molar-refractivity contribution in [3.8, 4) is 5.69 Å². The summed E-state index contributed by atoms with van der Waals surface area (Å²) >= 11 is 0. The van der Waals surface area contributed by atoms with E-state index in [2.05, 4.69) is 0 Å². The van der Waals surface area contributed by atoms with Crippen LogP contribution in [0.2, 0.25) is 0 Å². The van der Waals surface area contributed by atoms with Crippen molar-refractivity contribution in [2.45, 2.75) is 13.8 Å². The predicted octanol–water partition coefficient (Wildman–Crippen LogP) is 2.81. The molecule has 0 bridgehead atoms. The molecular weight excluding hydrogens is 232 g/mol. The van der Waals surface area contributed by atoms with Crippen molar-refractivity contribution < 1.29 is 9.72 Å². The zero-order valence-electron chi connectivity index (χ0n) is 10.1. The molecule has 18 heavy (non-hydrogen) atoms. The Labute approximate surface area is 104 Å². The summed E-state index contributed by atoms with van der Waals surface area (Å²) in [5, 5.41) is 10.8. The van der Waals surface area contributed by atoms with Crippen LogP contribution in [0.5, 0.6) is 0 Å². The number of hydrogen-bond donors (Lipinski definition) is 0. The first kappa shape index (κ1) is 12.0. The number of rotatable bonds is 3. The lowest BCUT2D eigenvalue weighted by Gasteiger charge is -2.09. The Morgan fingerprint density at radius 3 is 2.56 bits per heavy atom. The number of aryl methyl sites for hydroxylation is 1. The van der Waals surface area contributed by atoms with Crippen molar-refractivity contribution in [2.75, 3.05) is 0 Å². The van der Waals surface area contributed by atoms with Gasteiger partial charge in [-0.25, -0.2) is 0 Å². The van der Waals surface area contributed by atoms with Crippen LogP contribution in [-0.4, -0.2) is 15.8 Å². The molecule has 5 heteroatoms. The molecule has 1 aromatic carbocycles. The maximum absolute atomic E-state index is 10.9. The van der Waals surface area contributed by atoms with Crippen LogP contribution in [-0.2, 0) is 0 Å². The molecule has 1 heterocycles. The van der Waals surface area contributed by atoms with Gasteiger partial charge in [-0.2, -0.15) is 0 Å². The monoisotopic (exact) mass is 244 g/mol. The summed E-state index contributed by atoms with van der Waals surface area (Å²) in [5.41, 5.74) is 2.97. The van der Waals surface area contributed by atoms with Gasteiger partial charge >= 0.3 is 0 Å². The number of benzene rings is 1. The fourth-order valence-corrected chi connectivity index (χ4v) is 2.05. The highest BCUT2D eigenvalue weighted by atomic mass is 16.6. The van der Waals surface area contributed by atoms with E-state index in [1.54, 1.807) is 18.2 Å². The largest absolute Gasteiger partial charge is 0.318 e. The summed E-state index contributed by atoms with van der Waals surface area (Å²) in [6, 6.07) is 8.11. The Balaban J connectivity index is 2.62. The highest BCUT2D eigenvalue weighted by molar-refractivity contribution is 5.77. The van der Waals surface area contributed by atoms with Crippen LogP contribution in [0.15, 0.2) is 30.3 Å². The minimum absolute atomic E-state index is 0.0349. The van der Waals surface area contributed by atoms with Gasteiger partial charge in [0.15, 0.2) is 6.29 Å². The average Bonchev–Trinajstić information content (AvgIpc) is 2.64. The van der Waals surface area contributed by atoms with Gasteiger partial charge in [-0.05, 0) is 26.0 Å². The number of nitro benzene ring substituents is 1. The lowest BCUT2D eigenvalue weighted by Crippen LogP contribution is -2.00. The zero-order chi connectivity index (χ0) is 13.3. The van der Waals surface area contributed by atoms with Crippen LogP contribution in [0, 0.1) is 24.0 Å². The Bertz CT molecular complexity index is 629. The fourth-order valence-electron chi connectivity index (χ4n) is 2.05. The molecular formula is C13H12N2O3. The number of aldehydes is 1. The molecule has 0 saturated heterocycles. The SMILES string of the molecule is Cc1cc(C=O)c(C)n1-c1cccc([N+](=O)[O-])c1. The molecule has 2 rings (SSSR count). The molecule has 0 radical (unpaired) electrons. The molecule has 2 aromatic rings. The van der Waals surface area contributed by atoms with Crippen molar-refractivity contribution in [2.24, 2.45) is 0 Å². The van der Waals surface area contributed by atoms with E-state index in [1.807, 2.05) is 18.4 Å². The van der Waals surface area contributed by atoms with Gasteiger partial charge in [0, 0.05) is 29.1 Å². The number of nitrogens with zero attached hydrogens (tertiary/aromatic N) is 2.